The van der Waals surface area contributed by atoms with Gasteiger partial charge in [0.05, 0.1) is 0 Å². The lowest BCUT2D eigenvalue weighted by atomic mass is 10.1. The van der Waals surface area contributed by atoms with Crippen LogP contribution in [0.2, 0.25) is 0 Å². The van der Waals surface area contributed by atoms with Crippen molar-refractivity contribution in [3.8, 4) is 0 Å². The summed E-state index contributed by atoms with van der Waals surface area (Å²) in [6.45, 7) is 2.51. The van der Waals surface area contributed by atoms with E-state index in [-0.39, 0.29) is 11.9 Å². The number of rotatable bonds is 2. The maximum absolute atomic E-state index is 12.4. The minimum Gasteiger partial charge on any atom is -0.345 e. The van der Waals surface area contributed by atoms with Crippen LogP contribution in [0.4, 0.5) is 5.69 Å². The number of hydrogen-bond donors (Lipinski definition) is 0. The summed E-state index contributed by atoms with van der Waals surface area (Å²) in [4.78, 5) is 14.3. The van der Waals surface area contributed by atoms with E-state index in [2.05, 4.69) is 13.0 Å². The van der Waals surface area contributed by atoms with Gasteiger partial charge < -0.3 is 9.47 Å². The number of fused-ring (bicyclic) bond motifs is 1. The minimum atomic E-state index is 0.156. The van der Waals surface area contributed by atoms with Crippen molar-refractivity contribution in [3.63, 3.8) is 0 Å². The van der Waals surface area contributed by atoms with Gasteiger partial charge in [-0.1, -0.05) is 18.2 Å². The van der Waals surface area contributed by atoms with Gasteiger partial charge in [-0.3, -0.25) is 4.79 Å². The molecule has 0 bridgehead atoms. The Morgan fingerprint density at radius 1 is 1.22 bits per heavy atom. The van der Waals surface area contributed by atoms with Gasteiger partial charge in [-0.15, -0.1) is 0 Å². The Labute approximate surface area is 107 Å². The second kappa shape index (κ2) is 4.33. The average molecular weight is 240 g/mol. The van der Waals surface area contributed by atoms with E-state index >= 15 is 0 Å². The fraction of sp³-hybridized carbons (Fsp3) is 0.267. The number of nitrogens with zero attached hydrogens (tertiary/aromatic N) is 2. The van der Waals surface area contributed by atoms with Crippen molar-refractivity contribution in [2.45, 2.75) is 25.9 Å². The van der Waals surface area contributed by atoms with Gasteiger partial charge in [0.1, 0.15) is 6.54 Å². The second-order valence-corrected chi connectivity index (χ2v) is 4.80. The smallest absolute Gasteiger partial charge is 0.247 e. The number of benzene rings is 1. The van der Waals surface area contributed by atoms with Gasteiger partial charge in [0.2, 0.25) is 5.91 Å². The molecule has 1 aliphatic rings. The van der Waals surface area contributed by atoms with E-state index in [1.807, 2.05) is 52.2 Å². The van der Waals surface area contributed by atoms with Crippen molar-refractivity contribution >= 4 is 11.6 Å². The molecule has 0 spiro atoms. The van der Waals surface area contributed by atoms with E-state index in [4.69, 9.17) is 0 Å². The van der Waals surface area contributed by atoms with Crippen LogP contribution in [-0.2, 0) is 17.8 Å². The van der Waals surface area contributed by atoms with Gasteiger partial charge in [-0.25, -0.2) is 0 Å². The Hall–Kier alpha value is -2.03. The molecule has 0 radical (unpaired) electrons. The molecule has 1 aliphatic heterocycles. The lowest BCUT2D eigenvalue weighted by Gasteiger charge is -2.23. The van der Waals surface area contributed by atoms with Crippen LogP contribution in [0.5, 0.6) is 0 Å². The van der Waals surface area contributed by atoms with E-state index in [0.29, 0.717) is 6.54 Å². The molecule has 0 fully saturated rings. The molecule has 1 unspecified atom stereocenters. The van der Waals surface area contributed by atoms with Gasteiger partial charge in [0, 0.05) is 24.1 Å². The summed E-state index contributed by atoms with van der Waals surface area (Å²) in [6, 6.07) is 12.3. The normalized spacial score (nSPS) is 17.8. The van der Waals surface area contributed by atoms with E-state index < -0.39 is 0 Å². The first-order valence-corrected chi connectivity index (χ1v) is 6.26. The molecule has 2 aromatic rings. The van der Waals surface area contributed by atoms with Gasteiger partial charge in [-0.05, 0) is 37.1 Å². The number of carbonyl (C=O) groups is 1. The quantitative estimate of drug-likeness (QED) is 0.791. The molecule has 3 rings (SSSR count). The lowest BCUT2D eigenvalue weighted by molar-refractivity contribution is -0.119. The highest BCUT2D eigenvalue weighted by atomic mass is 16.2. The highest BCUT2D eigenvalue weighted by molar-refractivity contribution is 5.96. The van der Waals surface area contributed by atoms with Crippen LogP contribution in [-0.4, -0.2) is 16.5 Å². The monoisotopic (exact) mass is 240 g/mol. The van der Waals surface area contributed by atoms with Crippen molar-refractivity contribution < 1.29 is 4.79 Å². The molecular weight excluding hydrogens is 224 g/mol. The summed E-state index contributed by atoms with van der Waals surface area (Å²) in [6.07, 6.45) is 4.79. The average Bonchev–Trinajstić information content (AvgIpc) is 2.94. The predicted molar refractivity (Wildman–Crippen MR) is 71.5 cm³/mol. The SMILES string of the molecule is CC1Cc2ccccc2N1C(=O)Cn1cccc1. The number of hydrogen-bond acceptors (Lipinski definition) is 1. The van der Waals surface area contributed by atoms with E-state index in [9.17, 15) is 4.79 Å². The van der Waals surface area contributed by atoms with Crippen LogP contribution in [0.25, 0.3) is 0 Å². The third-order valence-electron chi connectivity index (χ3n) is 3.46. The zero-order valence-corrected chi connectivity index (χ0v) is 10.4. The number of amides is 1. The number of para-hydroxylation sites is 1. The molecule has 0 saturated carbocycles. The van der Waals surface area contributed by atoms with Gasteiger partial charge in [-0.2, -0.15) is 0 Å². The molecule has 3 nitrogen and oxygen atoms in total. The summed E-state index contributed by atoms with van der Waals surface area (Å²) < 4.78 is 1.91. The highest BCUT2D eigenvalue weighted by Gasteiger charge is 2.30. The van der Waals surface area contributed by atoms with Crippen LogP contribution in [0.3, 0.4) is 0 Å². The maximum Gasteiger partial charge on any atom is 0.247 e. The third-order valence-corrected chi connectivity index (χ3v) is 3.46. The molecule has 0 N–H and O–H groups in total. The van der Waals surface area contributed by atoms with Crippen LogP contribution < -0.4 is 4.90 Å². The zero-order valence-electron chi connectivity index (χ0n) is 10.4. The molecule has 3 heteroatoms. The fourth-order valence-corrected chi connectivity index (χ4v) is 2.65. The first kappa shape index (κ1) is 11.1. The molecular formula is C15H16N2O. The Kier molecular flexibility index (Phi) is 2.67. The third kappa shape index (κ3) is 1.82. The molecule has 1 aromatic heterocycles. The highest BCUT2D eigenvalue weighted by Crippen LogP contribution is 2.31. The Bertz CT molecular complexity index is 560. The largest absolute Gasteiger partial charge is 0.345 e. The minimum absolute atomic E-state index is 0.156. The molecule has 1 amide bonds. The van der Waals surface area contributed by atoms with Crippen molar-refractivity contribution in [3.05, 3.63) is 54.4 Å². The van der Waals surface area contributed by atoms with E-state index in [0.717, 1.165) is 12.1 Å². The number of carbonyl (C=O) groups excluding carboxylic acids is 1. The molecule has 1 atom stereocenters. The predicted octanol–water partition coefficient (Wildman–Crippen LogP) is 2.47. The maximum atomic E-state index is 12.4. The summed E-state index contributed by atoms with van der Waals surface area (Å²) in [5.41, 5.74) is 2.34. The van der Waals surface area contributed by atoms with Gasteiger partial charge >= 0.3 is 0 Å². The van der Waals surface area contributed by atoms with Crippen LogP contribution in [0.15, 0.2) is 48.8 Å². The summed E-state index contributed by atoms with van der Waals surface area (Å²) in [7, 11) is 0. The molecule has 2 heterocycles. The summed E-state index contributed by atoms with van der Waals surface area (Å²) in [5.74, 6) is 0.156. The lowest BCUT2D eigenvalue weighted by Crippen LogP contribution is -2.37. The molecule has 1 aromatic carbocycles. The van der Waals surface area contributed by atoms with Crippen molar-refractivity contribution in [2.75, 3.05) is 4.90 Å². The van der Waals surface area contributed by atoms with Gasteiger partial charge in [0.25, 0.3) is 0 Å². The zero-order chi connectivity index (χ0) is 12.5. The van der Waals surface area contributed by atoms with Crippen molar-refractivity contribution in [1.29, 1.82) is 0 Å². The van der Waals surface area contributed by atoms with Crippen LogP contribution in [0, 0.1) is 0 Å². The molecule has 18 heavy (non-hydrogen) atoms. The van der Waals surface area contributed by atoms with E-state index in [1.165, 1.54) is 5.56 Å². The molecule has 92 valence electrons. The summed E-state index contributed by atoms with van der Waals surface area (Å²) in [5, 5.41) is 0. The standard InChI is InChI=1S/C15H16N2O/c1-12-10-13-6-2-3-7-14(13)17(12)15(18)11-16-8-4-5-9-16/h2-9,12H,10-11H2,1H3. The van der Waals surface area contributed by atoms with E-state index in [1.54, 1.807) is 0 Å². The van der Waals surface area contributed by atoms with Gasteiger partial charge in [0.15, 0.2) is 0 Å². The Morgan fingerprint density at radius 2 is 1.94 bits per heavy atom. The topological polar surface area (TPSA) is 25.2 Å². The first-order chi connectivity index (χ1) is 8.75. The van der Waals surface area contributed by atoms with Crippen molar-refractivity contribution in [2.24, 2.45) is 0 Å². The molecule has 0 saturated heterocycles. The second-order valence-electron chi connectivity index (χ2n) is 4.80. The Balaban J connectivity index is 1.86. The Morgan fingerprint density at radius 3 is 2.72 bits per heavy atom. The summed E-state index contributed by atoms with van der Waals surface area (Å²) >= 11 is 0. The fourth-order valence-electron chi connectivity index (χ4n) is 2.65. The number of anilines is 1. The van der Waals surface area contributed by atoms with Crippen LogP contribution >= 0.6 is 0 Å². The molecule has 0 aliphatic carbocycles. The number of aromatic nitrogens is 1. The first-order valence-electron chi connectivity index (χ1n) is 6.26. The van der Waals surface area contributed by atoms with Crippen LogP contribution in [0.1, 0.15) is 12.5 Å². The van der Waals surface area contributed by atoms with Crippen molar-refractivity contribution in [1.82, 2.24) is 4.57 Å².